The third-order valence-electron chi connectivity index (χ3n) is 3.66. The first-order chi connectivity index (χ1) is 9.97. The van der Waals surface area contributed by atoms with E-state index in [4.69, 9.17) is 4.74 Å². The Morgan fingerprint density at radius 1 is 1.43 bits per heavy atom. The van der Waals surface area contributed by atoms with Crippen LogP contribution in [0.25, 0.3) is 0 Å². The fourth-order valence-corrected chi connectivity index (χ4v) is 3.25. The number of hydrogen-bond acceptors (Lipinski definition) is 5. The van der Waals surface area contributed by atoms with E-state index in [0.717, 1.165) is 0 Å². The van der Waals surface area contributed by atoms with E-state index in [9.17, 15) is 13.5 Å². The van der Waals surface area contributed by atoms with Crippen LogP contribution in [0.1, 0.15) is 18.4 Å². The minimum Gasteiger partial charge on any atom is -0.496 e. The average molecular weight is 314 g/mol. The van der Waals surface area contributed by atoms with E-state index in [2.05, 4.69) is 9.62 Å². The summed E-state index contributed by atoms with van der Waals surface area (Å²) >= 11 is 0. The molecular formula is C14H22N2O4S. The Kier molecular flexibility index (Phi) is 5.21. The summed E-state index contributed by atoms with van der Waals surface area (Å²) in [5.41, 5.74) is 0.454. The average Bonchev–Trinajstić information content (AvgIpc) is 3.30. The van der Waals surface area contributed by atoms with Gasteiger partial charge in [-0.05, 0) is 38.1 Å². The number of rotatable bonds is 8. The molecular weight excluding hydrogens is 292 g/mol. The molecule has 21 heavy (non-hydrogen) atoms. The minimum absolute atomic E-state index is 0.140. The zero-order chi connectivity index (χ0) is 15.5. The van der Waals surface area contributed by atoms with E-state index in [1.165, 1.54) is 32.1 Å². The molecule has 0 radical (unpaired) electrons. The van der Waals surface area contributed by atoms with Crippen molar-refractivity contribution < 1.29 is 18.3 Å². The molecule has 1 aromatic carbocycles. The monoisotopic (exact) mass is 314 g/mol. The molecule has 1 fully saturated rings. The van der Waals surface area contributed by atoms with Gasteiger partial charge in [-0.15, -0.1) is 0 Å². The summed E-state index contributed by atoms with van der Waals surface area (Å²) in [5, 5.41) is 9.25. The van der Waals surface area contributed by atoms with Crippen molar-refractivity contribution in [2.45, 2.75) is 30.4 Å². The van der Waals surface area contributed by atoms with Crippen LogP contribution in [0.15, 0.2) is 23.1 Å². The van der Waals surface area contributed by atoms with E-state index >= 15 is 0 Å². The summed E-state index contributed by atoms with van der Waals surface area (Å²) < 4.78 is 32.1. The van der Waals surface area contributed by atoms with Gasteiger partial charge in [0.2, 0.25) is 10.0 Å². The van der Waals surface area contributed by atoms with Crippen LogP contribution in [-0.2, 0) is 16.6 Å². The third kappa shape index (κ3) is 4.16. The Hall–Kier alpha value is -1.15. The number of nitrogens with one attached hydrogen (secondary N) is 1. The molecule has 118 valence electrons. The number of benzene rings is 1. The number of aliphatic hydroxyl groups is 1. The number of sulfonamides is 1. The first-order valence-electron chi connectivity index (χ1n) is 6.95. The highest BCUT2D eigenvalue weighted by Crippen LogP contribution is 2.25. The first kappa shape index (κ1) is 16.2. The number of methoxy groups -OCH3 is 1. The smallest absolute Gasteiger partial charge is 0.240 e. The maximum atomic E-state index is 12.2. The molecule has 7 heteroatoms. The SMILES string of the molecule is COc1ccc(S(=O)(=O)NCCN(C)C2CC2)cc1CO. The summed E-state index contributed by atoms with van der Waals surface area (Å²) in [4.78, 5) is 2.30. The van der Waals surface area contributed by atoms with Gasteiger partial charge in [-0.2, -0.15) is 0 Å². The fraction of sp³-hybridized carbons (Fsp3) is 0.571. The van der Waals surface area contributed by atoms with Gasteiger partial charge >= 0.3 is 0 Å². The molecule has 0 spiro atoms. The topological polar surface area (TPSA) is 78.9 Å². The highest BCUT2D eigenvalue weighted by molar-refractivity contribution is 7.89. The number of nitrogens with zero attached hydrogens (tertiary/aromatic N) is 1. The lowest BCUT2D eigenvalue weighted by molar-refractivity contribution is 0.273. The summed E-state index contributed by atoms with van der Waals surface area (Å²) in [6, 6.07) is 5.07. The van der Waals surface area contributed by atoms with Gasteiger partial charge < -0.3 is 14.7 Å². The summed E-state index contributed by atoms with van der Waals surface area (Å²) in [7, 11) is -0.0782. The van der Waals surface area contributed by atoms with Crippen molar-refractivity contribution in [2.24, 2.45) is 0 Å². The zero-order valence-corrected chi connectivity index (χ0v) is 13.2. The van der Waals surface area contributed by atoms with Crippen LogP contribution < -0.4 is 9.46 Å². The minimum atomic E-state index is -3.56. The van der Waals surface area contributed by atoms with Gasteiger partial charge in [-0.1, -0.05) is 0 Å². The van der Waals surface area contributed by atoms with Gasteiger partial charge in [-0.3, -0.25) is 0 Å². The zero-order valence-electron chi connectivity index (χ0n) is 12.4. The Labute approximate surface area is 125 Å². The van der Waals surface area contributed by atoms with Gasteiger partial charge in [-0.25, -0.2) is 13.1 Å². The molecule has 0 atom stereocenters. The second kappa shape index (κ2) is 6.74. The fourth-order valence-electron chi connectivity index (χ4n) is 2.18. The quantitative estimate of drug-likeness (QED) is 0.733. The van der Waals surface area contributed by atoms with Crippen LogP contribution in [0.3, 0.4) is 0 Å². The molecule has 0 amide bonds. The van der Waals surface area contributed by atoms with Crippen LogP contribution in [0.4, 0.5) is 0 Å². The molecule has 1 aliphatic carbocycles. The molecule has 0 heterocycles. The van der Waals surface area contributed by atoms with Gasteiger partial charge in [0.1, 0.15) is 5.75 Å². The molecule has 1 saturated carbocycles. The normalized spacial score (nSPS) is 15.4. The molecule has 0 aromatic heterocycles. The maximum Gasteiger partial charge on any atom is 0.240 e. The lowest BCUT2D eigenvalue weighted by atomic mass is 10.2. The Bertz CT molecular complexity index is 585. The molecule has 0 aliphatic heterocycles. The molecule has 1 aromatic rings. The molecule has 0 saturated heterocycles. The number of aliphatic hydroxyl groups excluding tert-OH is 1. The summed E-state index contributed by atoms with van der Waals surface area (Å²) in [6.45, 7) is 0.791. The third-order valence-corrected chi connectivity index (χ3v) is 5.12. The summed E-state index contributed by atoms with van der Waals surface area (Å²) in [6.07, 6.45) is 2.39. The number of hydrogen-bond donors (Lipinski definition) is 2. The molecule has 2 rings (SSSR count). The molecule has 2 N–H and O–H groups in total. The van der Waals surface area contributed by atoms with E-state index in [1.54, 1.807) is 6.07 Å². The second-order valence-electron chi connectivity index (χ2n) is 5.24. The predicted molar refractivity (Wildman–Crippen MR) is 79.8 cm³/mol. The van der Waals surface area contributed by atoms with Crippen molar-refractivity contribution in [3.63, 3.8) is 0 Å². The molecule has 0 bridgehead atoms. The Balaban J connectivity index is 2.01. The van der Waals surface area contributed by atoms with E-state index in [1.807, 2.05) is 7.05 Å². The van der Waals surface area contributed by atoms with Crippen molar-refractivity contribution >= 4 is 10.0 Å². The lowest BCUT2D eigenvalue weighted by Gasteiger charge is -2.16. The van der Waals surface area contributed by atoms with Crippen molar-refractivity contribution in [1.29, 1.82) is 0 Å². The number of likely N-dealkylation sites (N-methyl/N-ethyl adjacent to an activating group) is 1. The second-order valence-corrected chi connectivity index (χ2v) is 7.01. The standard InChI is InChI=1S/C14H22N2O4S/c1-16(12-3-4-12)8-7-15-21(18,19)13-5-6-14(20-2)11(9-13)10-17/h5-6,9,12,15,17H,3-4,7-8,10H2,1-2H3. The van der Waals surface area contributed by atoms with Crippen LogP contribution in [0.2, 0.25) is 0 Å². The molecule has 1 aliphatic rings. The largest absolute Gasteiger partial charge is 0.496 e. The summed E-state index contributed by atoms with van der Waals surface area (Å²) in [5.74, 6) is 0.477. The van der Waals surface area contributed by atoms with E-state index < -0.39 is 10.0 Å². The van der Waals surface area contributed by atoms with Gasteiger partial charge in [0.05, 0.1) is 18.6 Å². The van der Waals surface area contributed by atoms with Crippen molar-refractivity contribution in [3.8, 4) is 5.75 Å². The number of ether oxygens (including phenoxy) is 1. The Morgan fingerprint density at radius 2 is 2.14 bits per heavy atom. The first-order valence-corrected chi connectivity index (χ1v) is 8.44. The molecule has 0 unspecified atom stereocenters. The highest BCUT2D eigenvalue weighted by Gasteiger charge is 2.26. The van der Waals surface area contributed by atoms with Crippen LogP contribution in [0, 0.1) is 0 Å². The molecule has 6 nitrogen and oxygen atoms in total. The van der Waals surface area contributed by atoms with E-state index in [0.29, 0.717) is 30.4 Å². The Morgan fingerprint density at radius 3 is 2.71 bits per heavy atom. The van der Waals surface area contributed by atoms with Gasteiger partial charge in [0.15, 0.2) is 0 Å². The van der Waals surface area contributed by atoms with Gasteiger partial charge in [0.25, 0.3) is 0 Å². The van der Waals surface area contributed by atoms with Crippen molar-refractivity contribution in [1.82, 2.24) is 9.62 Å². The van der Waals surface area contributed by atoms with Crippen LogP contribution in [0.5, 0.6) is 5.75 Å². The van der Waals surface area contributed by atoms with E-state index in [-0.39, 0.29) is 11.5 Å². The highest BCUT2D eigenvalue weighted by atomic mass is 32.2. The van der Waals surface area contributed by atoms with Crippen molar-refractivity contribution in [2.75, 3.05) is 27.2 Å². The van der Waals surface area contributed by atoms with Crippen molar-refractivity contribution in [3.05, 3.63) is 23.8 Å². The van der Waals surface area contributed by atoms with Crippen LogP contribution in [-0.4, -0.2) is 51.7 Å². The van der Waals surface area contributed by atoms with Gasteiger partial charge in [0, 0.05) is 24.7 Å². The van der Waals surface area contributed by atoms with Crippen LogP contribution >= 0.6 is 0 Å². The predicted octanol–water partition coefficient (Wildman–Crippen LogP) is 0.560. The maximum absolute atomic E-state index is 12.2. The lowest BCUT2D eigenvalue weighted by Crippen LogP contribution is -2.34.